The predicted octanol–water partition coefficient (Wildman–Crippen LogP) is 4.26. The van der Waals surface area contributed by atoms with Crippen molar-refractivity contribution in [3.63, 3.8) is 0 Å². The van der Waals surface area contributed by atoms with Crippen LogP contribution in [0.2, 0.25) is 0 Å². The third-order valence-electron chi connectivity index (χ3n) is 5.04. The largest absolute Gasteiger partial charge is 0.497 e. The second kappa shape index (κ2) is 8.19. The van der Waals surface area contributed by atoms with Crippen molar-refractivity contribution in [2.45, 2.75) is 19.5 Å². The van der Waals surface area contributed by atoms with Crippen LogP contribution in [0, 0.1) is 6.92 Å². The van der Waals surface area contributed by atoms with Gasteiger partial charge in [-0.15, -0.1) is 0 Å². The number of pyridine rings is 1. The molecule has 2 aromatic carbocycles. The SMILES string of the molecule is COc1cccc([C@@H](NC(=O)Cn2c(C)cc3ccccc32)c2ccccn2)c1. The summed E-state index contributed by atoms with van der Waals surface area (Å²) < 4.78 is 7.39. The van der Waals surface area contributed by atoms with E-state index in [0.717, 1.165) is 33.6 Å². The first kappa shape index (κ1) is 18.7. The number of hydrogen-bond donors (Lipinski definition) is 1. The Bertz CT molecular complexity index is 1140. The molecule has 0 aliphatic rings. The van der Waals surface area contributed by atoms with Crippen molar-refractivity contribution in [3.05, 3.63) is 95.9 Å². The maximum atomic E-state index is 13.0. The molecule has 2 heterocycles. The highest BCUT2D eigenvalue weighted by molar-refractivity contribution is 5.84. The van der Waals surface area contributed by atoms with Crippen molar-refractivity contribution >= 4 is 16.8 Å². The molecule has 0 fully saturated rings. The van der Waals surface area contributed by atoms with Crippen LogP contribution in [0.15, 0.2) is 79.0 Å². The molecule has 5 heteroatoms. The molecular formula is C24H23N3O2. The van der Waals surface area contributed by atoms with E-state index in [1.165, 1.54) is 0 Å². The Morgan fingerprint density at radius 1 is 1.07 bits per heavy atom. The standard InChI is InChI=1S/C24H23N3O2/c1-17-14-18-8-3-4-12-22(18)27(17)16-23(28)26-24(21-11-5-6-13-25-21)19-9-7-10-20(15-19)29-2/h3-15,24H,16H2,1-2H3,(H,26,28)/t24-/m1/s1. The van der Waals surface area contributed by atoms with Crippen LogP contribution in [0.25, 0.3) is 10.9 Å². The Hall–Kier alpha value is -3.60. The third-order valence-corrected chi connectivity index (χ3v) is 5.04. The average Bonchev–Trinajstić information content (AvgIpc) is 3.07. The molecule has 0 saturated carbocycles. The topological polar surface area (TPSA) is 56.1 Å². The maximum absolute atomic E-state index is 13.0. The number of rotatable bonds is 6. The molecule has 0 unspecified atom stereocenters. The zero-order valence-corrected chi connectivity index (χ0v) is 16.5. The van der Waals surface area contributed by atoms with E-state index in [4.69, 9.17) is 4.74 Å². The van der Waals surface area contributed by atoms with Crippen LogP contribution in [0.4, 0.5) is 0 Å². The molecule has 146 valence electrons. The van der Waals surface area contributed by atoms with E-state index in [1.54, 1.807) is 13.3 Å². The molecule has 1 N–H and O–H groups in total. The minimum atomic E-state index is -0.360. The lowest BCUT2D eigenvalue weighted by Crippen LogP contribution is -2.32. The lowest BCUT2D eigenvalue weighted by Gasteiger charge is -2.20. The number of nitrogens with one attached hydrogen (secondary N) is 1. The fourth-order valence-electron chi connectivity index (χ4n) is 3.60. The van der Waals surface area contributed by atoms with E-state index in [9.17, 15) is 4.79 Å². The van der Waals surface area contributed by atoms with Gasteiger partial charge in [-0.2, -0.15) is 0 Å². The summed E-state index contributed by atoms with van der Waals surface area (Å²) in [6, 6.07) is 23.2. The second-order valence-electron chi connectivity index (χ2n) is 6.96. The van der Waals surface area contributed by atoms with Gasteiger partial charge in [0.15, 0.2) is 0 Å². The molecule has 0 spiro atoms. The number of aromatic nitrogens is 2. The highest BCUT2D eigenvalue weighted by Gasteiger charge is 2.19. The molecule has 0 radical (unpaired) electrons. The number of benzene rings is 2. The number of carbonyl (C=O) groups excluding carboxylic acids is 1. The van der Waals surface area contributed by atoms with Gasteiger partial charge in [-0.25, -0.2) is 0 Å². The predicted molar refractivity (Wildman–Crippen MR) is 114 cm³/mol. The highest BCUT2D eigenvalue weighted by Crippen LogP contribution is 2.24. The molecule has 1 atom stereocenters. The molecular weight excluding hydrogens is 362 g/mol. The van der Waals surface area contributed by atoms with Crippen LogP contribution < -0.4 is 10.1 Å². The number of ether oxygens (including phenoxy) is 1. The first-order valence-electron chi connectivity index (χ1n) is 9.55. The van der Waals surface area contributed by atoms with Crippen LogP contribution in [-0.2, 0) is 11.3 Å². The van der Waals surface area contributed by atoms with Crippen molar-refractivity contribution in [2.24, 2.45) is 0 Å². The van der Waals surface area contributed by atoms with Gasteiger partial charge in [0.25, 0.3) is 0 Å². The minimum Gasteiger partial charge on any atom is -0.497 e. The monoisotopic (exact) mass is 385 g/mol. The summed E-state index contributed by atoms with van der Waals surface area (Å²) in [5.41, 5.74) is 3.81. The van der Waals surface area contributed by atoms with Gasteiger partial charge in [0.2, 0.25) is 5.91 Å². The van der Waals surface area contributed by atoms with Gasteiger partial charge in [-0.3, -0.25) is 9.78 Å². The zero-order chi connectivity index (χ0) is 20.2. The molecule has 4 aromatic rings. The smallest absolute Gasteiger partial charge is 0.240 e. The van der Waals surface area contributed by atoms with Crippen LogP contribution in [-0.4, -0.2) is 22.6 Å². The Balaban J connectivity index is 1.63. The zero-order valence-electron chi connectivity index (χ0n) is 16.5. The Morgan fingerprint density at radius 3 is 2.69 bits per heavy atom. The molecule has 0 aliphatic heterocycles. The summed E-state index contributed by atoms with van der Waals surface area (Å²) >= 11 is 0. The Morgan fingerprint density at radius 2 is 1.90 bits per heavy atom. The van der Waals surface area contributed by atoms with Gasteiger partial charge in [0.1, 0.15) is 12.3 Å². The lowest BCUT2D eigenvalue weighted by molar-refractivity contribution is -0.122. The quantitative estimate of drug-likeness (QED) is 0.540. The number of carbonyl (C=O) groups is 1. The second-order valence-corrected chi connectivity index (χ2v) is 6.96. The normalized spacial score (nSPS) is 11.9. The van der Waals surface area contributed by atoms with E-state index in [1.807, 2.05) is 72.2 Å². The van der Waals surface area contributed by atoms with Crippen molar-refractivity contribution in [1.82, 2.24) is 14.9 Å². The number of nitrogens with zero attached hydrogens (tertiary/aromatic N) is 2. The minimum absolute atomic E-state index is 0.0760. The van der Waals surface area contributed by atoms with Crippen molar-refractivity contribution < 1.29 is 9.53 Å². The van der Waals surface area contributed by atoms with E-state index in [-0.39, 0.29) is 18.5 Å². The number of hydrogen-bond acceptors (Lipinski definition) is 3. The summed E-state index contributed by atoms with van der Waals surface area (Å²) in [5, 5.41) is 4.28. The highest BCUT2D eigenvalue weighted by atomic mass is 16.5. The van der Waals surface area contributed by atoms with E-state index < -0.39 is 0 Å². The van der Waals surface area contributed by atoms with Crippen molar-refractivity contribution in [1.29, 1.82) is 0 Å². The Kier molecular flexibility index (Phi) is 5.29. The molecule has 0 bridgehead atoms. The van der Waals surface area contributed by atoms with Crippen LogP contribution in [0.5, 0.6) is 5.75 Å². The molecule has 5 nitrogen and oxygen atoms in total. The molecule has 2 aromatic heterocycles. The number of fused-ring (bicyclic) bond motifs is 1. The summed E-state index contributed by atoms with van der Waals surface area (Å²) in [5.74, 6) is 0.665. The molecule has 0 saturated heterocycles. The first-order valence-corrected chi connectivity index (χ1v) is 9.55. The van der Waals surface area contributed by atoms with Gasteiger partial charge in [0.05, 0.1) is 18.8 Å². The van der Waals surface area contributed by atoms with Crippen molar-refractivity contribution in [2.75, 3.05) is 7.11 Å². The summed E-state index contributed by atoms with van der Waals surface area (Å²) in [4.78, 5) is 17.5. The maximum Gasteiger partial charge on any atom is 0.240 e. The number of aryl methyl sites for hydroxylation is 1. The van der Waals surface area contributed by atoms with Gasteiger partial charge in [-0.05, 0) is 54.3 Å². The number of amides is 1. The number of para-hydroxylation sites is 1. The summed E-state index contributed by atoms with van der Waals surface area (Å²) in [6.45, 7) is 2.26. The van der Waals surface area contributed by atoms with Gasteiger partial charge in [0, 0.05) is 17.4 Å². The lowest BCUT2D eigenvalue weighted by atomic mass is 10.0. The molecule has 4 rings (SSSR count). The van der Waals surface area contributed by atoms with Crippen LogP contribution in [0.3, 0.4) is 0 Å². The van der Waals surface area contributed by atoms with E-state index in [2.05, 4.69) is 22.4 Å². The number of methoxy groups -OCH3 is 1. The van der Waals surface area contributed by atoms with Gasteiger partial charge >= 0.3 is 0 Å². The van der Waals surface area contributed by atoms with Crippen LogP contribution in [0.1, 0.15) is 23.0 Å². The average molecular weight is 385 g/mol. The molecule has 29 heavy (non-hydrogen) atoms. The molecule has 1 amide bonds. The first-order chi connectivity index (χ1) is 14.2. The van der Waals surface area contributed by atoms with Crippen molar-refractivity contribution in [3.8, 4) is 5.75 Å². The summed E-state index contributed by atoms with van der Waals surface area (Å²) in [6.07, 6.45) is 1.73. The fourth-order valence-corrected chi connectivity index (χ4v) is 3.60. The molecule has 0 aliphatic carbocycles. The fraction of sp³-hybridized carbons (Fsp3) is 0.167. The van der Waals surface area contributed by atoms with E-state index in [0.29, 0.717) is 0 Å². The third kappa shape index (κ3) is 3.99. The van der Waals surface area contributed by atoms with Crippen LogP contribution >= 0.6 is 0 Å². The Labute approximate surface area is 170 Å². The van der Waals surface area contributed by atoms with Gasteiger partial charge in [-0.1, -0.05) is 36.4 Å². The van der Waals surface area contributed by atoms with E-state index >= 15 is 0 Å². The van der Waals surface area contributed by atoms with Gasteiger partial charge < -0.3 is 14.6 Å². The summed E-state index contributed by atoms with van der Waals surface area (Å²) in [7, 11) is 1.63.